The zero-order valence-corrected chi connectivity index (χ0v) is 11.1. The third-order valence-corrected chi connectivity index (χ3v) is 4.39. The van der Waals surface area contributed by atoms with Crippen molar-refractivity contribution in [2.45, 2.75) is 24.7 Å². The Morgan fingerprint density at radius 3 is 2.89 bits per heavy atom. The Morgan fingerprint density at radius 2 is 2.32 bits per heavy atom. The van der Waals surface area contributed by atoms with Crippen molar-refractivity contribution in [3.63, 3.8) is 0 Å². The molecule has 1 saturated heterocycles. The summed E-state index contributed by atoms with van der Waals surface area (Å²) in [4.78, 5) is 10.7. The fraction of sp³-hybridized carbons (Fsp3) is 0.462. The van der Waals surface area contributed by atoms with Crippen LogP contribution in [0.1, 0.15) is 28.8 Å². The van der Waals surface area contributed by atoms with Crippen molar-refractivity contribution >= 4 is 16.8 Å². The maximum Gasteiger partial charge on any atom is 0.338 e. The molecule has 2 rings (SSSR count). The molecule has 0 radical (unpaired) electrons. The van der Waals surface area contributed by atoms with Gasteiger partial charge in [0, 0.05) is 23.2 Å². The summed E-state index contributed by atoms with van der Waals surface area (Å²) in [6.07, 6.45) is 1.94. The molecule has 1 aromatic carbocycles. The Bertz CT molecular complexity index is 497. The zero-order chi connectivity index (χ0) is 13.8. The molecule has 0 spiro atoms. The predicted molar refractivity (Wildman–Crippen MR) is 69.0 cm³/mol. The van der Waals surface area contributed by atoms with Gasteiger partial charge in [-0.05, 0) is 30.5 Å². The Morgan fingerprint density at radius 1 is 1.53 bits per heavy atom. The van der Waals surface area contributed by atoms with Crippen molar-refractivity contribution < 1.29 is 23.2 Å². The first-order chi connectivity index (χ1) is 9.06. The van der Waals surface area contributed by atoms with Crippen molar-refractivity contribution in [3.8, 4) is 0 Å². The van der Waals surface area contributed by atoms with Crippen LogP contribution in [0.15, 0.2) is 18.2 Å². The van der Waals surface area contributed by atoms with Gasteiger partial charge >= 0.3 is 5.97 Å². The quantitative estimate of drug-likeness (QED) is 0.898. The summed E-state index contributed by atoms with van der Waals surface area (Å²) in [7, 11) is -1.13. The molecule has 1 fully saturated rings. The Balaban J connectivity index is 1.96. The molecule has 1 N–H and O–H groups in total. The number of carboxylic acids is 1. The van der Waals surface area contributed by atoms with Gasteiger partial charge in [0.15, 0.2) is 0 Å². The van der Waals surface area contributed by atoms with Gasteiger partial charge in [0.05, 0.1) is 17.4 Å². The molecule has 0 aromatic heterocycles. The third-order valence-electron chi connectivity index (χ3n) is 2.99. The Kier molecular flexibility index (Phi) is 4.66. The normalized spacial score (nSPS) is 20.4. The molecular weight excluding hydrogens is 271 g/mol. The molecule has 19 heavy (non-hydrogen) atoms. The summed E-state index contributed by atoms with van der Waals surface area (Å²) < 4.78 is 30.7. The number of carbonyl (C=O) groups is 1. The molecule has 6 heteroatoms. The molecule has 1 heterocycles. The minimum absolute atomic E-state index is 0.0315. The lowest BCUT2D eigenvalue weighted by molar-refractivity contribution is 0.0692. The Labute approximate surface area is 113 Å². The van der Waals surface area contributed by atoms with Crippen LogP contribution in [0.2, 0.25) is 0 Å². The minimum Gasteiger partial charge on any atom is -0.478 e. The summed E-state index contributed by atoms with van der Waals surface area (Å²) in [5, 5.41) is 8.71. The first-order valence-corrected chi connectivity index (χ1v) is 7.53. The number of aromatic carboxylic acids is 1. The number of rotatable bonds is 5. The van der Waals surface area contributed by atoms with Crippen LogP contribution < -0.4 is 0 Å². The van der Waals surface area contributed by atoms with E-state index < -0.39 is 22.6 Å². The van der Waals surface area contributed by atoms with E-state index in [-0.39, 0.29) is 17.4 Å². The topological polar surface area (TPSA) is 63.6 Å². The number of ether oxygens (including phenoxy) is 1. The van der Waals surface area contributed by atoms with Gasteiger partial charge in [-0.15, -0.1) is 0 Å². The largest absolute Gasteiger partial charge is 0.478 e. The summed E-state index contributed by atoms with van der Waals surface area (Å²) in [5.41, 5.74) is 0.174. The van der Waals surface area contributed by atoms with Gasteiger partial charge in [-0.2, -0.15) is 0 Å². The average Bonchev–Trinajstić information content (AvgIpc) is 2.81. The van der Waals surface area contributed by atoms with Crippen LogP contribution in [-0.2, 0) is 21.3 Å². The minimum atomic E-state index is -1.30. The number of benzene rings is 1. The lowest BCUT2D eigenvalue weighted by Crippen LogP contribution is -2.16. The second-order valence-corrected chi connectivity index (χ2v) is 6.01. The average molecular weight is 286 g/mol. The molecule has 4 nitrogen and oxygen atoms in total. The van der Waals surface area contributed by atoms with E-state index in [2.05, 4.69) is 0 Å². The summed E-state index contributed by atoms with van der Waals surface area (Å²) in [5.74, 6) is -1.43. The summed E-state index contributed by atoms with van der Waals surface area (Å²) in [6.45, 7) is 0.712. The zero-order valence-electron chi connectivity index (χ0n) is 10.3. The lowest BCUT2D eigenvalue weighted by atomic mass is 10.1. The standard InChI is InChI=1S/C13H15FO4S/c14-12-6-9(3-4-11(12)13(15)16)7-19(17)8-10-2-1-5-18-10/h3-4,6,10H,1-2,5,7-8H2,(H,15,16). The molecule has 1 aliphatic rings. The molecule has 0 saturated carbocycles. The molecular formula is C13H15FO4S. The second-order valence-electron chi connectivity index (χ2n) is 4.51. The number of hydrogen-bond donors (Lipinski definition) is 1. The fourth-order valence-electron chi connectivity index (χ4n) is 2.05. The third kappa shape index (κ3) is 3.84. The van der Waals surface area contributed by atoms with Crippen molar-refractivity contribution in [2.24, 2.45) is 0 Å². The van der Waals surface area contributed by atoms with Crippen LogP contribution in [0.3, 0.4) is 0 Å². The first kappa shape index (κ1) is 14.1. The van der Waals surface area contributed by atoms with E-state index in [1.54, 1.807) is 0 Å². The van der Waals surface area contributed by atoms with E-state index in [9.17, 15) is 13.4 Å². The van der Waals surface area contributed by atoms with Crippen molar-refractivity contribution in [1.29, 1.82) is 0 Å². The smallest absolute Gasteiger partial charge is 0.338 e. The van der Waals surface area contributed by atoms with Gasteiger partial charge in [0.1, 0.15) is 5.82 Å². The van der Waals surface area contributed by atoms with Crippen molar-refractivity contribution in [1.82, 2.24) is 0 Å². The number of halogens is 1. The predicted octanol–water partition coefficient (Wildman–Crippen LogP) is 1.95. The Hall–Kier alpha value is -1.27. The second kappa shape index (κ2) is 6.25. The van der Waals surface area contributed by atoms with Crippen LogP contribution in [0.4, 0.5) is 4.39 Å². The molecule has 0 bridgehead atoms. The molecule has 0 amide bonds. The molecule has 1 aromatic rings. The van der Waals surface area contributed by atoms with E-state index in [4.69, 9.17) is 9.84 Å². The van der Waals surface area contributed by atoms with Gasteiger partial charge in [-0.1, -0.05) is 6.07 Å². The SMILES string of the molecule is O=C(O)c1ccc(CS(=O)CC2CCCO2)cc1F. The van der Waals surface area contributed by atoms with Gasteiger partial charge in [-0.3, -0.25) is 4.21 Å². The number of hydrogen-bond acceptors (Lipinski definition) is 3. The molecule has 2 atom stereocenters. The van der Waals surface area contributed by atoms with Crippen molar-refractivity contribution in [2.75, 3.05) is 12.4 Å². The van der Waals surface area contributed by atoms with Gasteiger partial charge in [0.2, 0.25) is 0 Å². The van der Waals surface area contributed by atoms with Gasteiger partial charge < -0.3 is 9.84 Å². The van der Waals surface area contributed by atoms with E-state index in [0.717, 1.165) is 18.9 Å². The summed E-state index contributed by atoms with van der Waals surface area (Å²) >= 11 is 0. The maximum atomic E-state index is 13.5. The summed E-state index contributed by atoms with van der Waals surface area (Å²) in [6, 6.07) is 3.84. The highest BCUT2D eigenvalue weighted by Crippen LogP contribution is 2.16. The first-order valence-electron chi connectivity index (χ1n) is 6.04. The highest BCUT2D eigenvalue weighted by atomic mass is 32.2. The maximum absolute atomic E-state index is 13.5. The van der Waals surface area contributed by atoms with E-state index in [1.807, 2.05) is 0 Å². The van der Waals surface area contributed by atoms with Gasteiger partial charge in [-0.25, -0.2) is 9.18 Å². The van der Waals surface area contributed by atoms with Gasteiger partial charge in [0.25, 0.3) is 0 Å². The fourth-order valence-corrected chi connectivity index (χ4v) is 3.40. The van der Waals surface area contributed by atoms with Crippen LogP contribution in [0, 0.1) is 5.82 Å². The lowest BCUT2D eigenvalue weighted by Gasteiger charge is -2.09. The van der Waals surface area contributed by atoms with Crippen molar-refractivity contribution in [3.05, 3.63) is 35.1 Å². The van der Waals surface area contributed by atoms with Crippen LogP contribution in [0.5, 0.6) is 0 Å². The van der Waals surface area contributed by atoms with E-state index in [1.165, 1.54) is 12.1 Å². The highest BCUT2D eigenvalue weighted by Gasteiger charge is 2.19. The van der Waals surface area contributed by atoms with Crippen LogP contribution in [-0.4, -0.2) is 33.7 Å². The highest BCUT2D eigenvalue weighted by molar-refractivity contribution is 7.84. The monoisotopic (exact) mass is 286 g/mol. The van der Waals surface area contributed by atoms with Crippen LogP contribution in [0.25, 0.3) is 0 Å². The molecule has 0 aliphatic carbocycles. The van der Waals surface area contributed by atoms with E-state index >= 15 is 0 Å². The van der Waals surface area contributed by atoms with Crippen LogP contribution >= 0.6 is 0 Å². The van der Waals surface area contributed by atoms with E-state index in [0.29, 0.717) is 17.9 Å². The molecule has 1 aliphatic heterocycles. The molecule has 104 valence electrons. The molecule has 2 unspecified atom stereocenters. The number of carboxylic acid groups (broad SMARTS) is 1.